The Bertz CT molecular complexity index is 1710. The van der Waals surface area contributed by atoms with Gasteiger partial charge < -0.3 is 10.6 Å². The molecule has 5 rings (SSSR count). The molecule has 9 heteroatoms. The standard InChI is InChI=1S/C34H40ClN3O3S2/c1-22-28-20-26(35)14-16-31(28)42-33(22)43(40,41)38-30(24-9-6-5-7-10-24)21-32(39)37-29-12-8-11-25-19-23(13-15-27(25)29)17-18-36-34(2,3)4/h5-7,9-10,13-16,19-20,29-30,36,38H,8,11-12,17-18,21H2,1-4H3,(H,37,39)/t29?,30-/m1/s1. The van der Waals surface area contributed by atoms with Crippen molar-refractivity contribution < 1.29 is 13.2 Å². The highest BCUT2D eigenvalue weighted by Crippen LogP contribution is 2.36. The molecule has 0 spiro atoms. The van der Waals surface area contributed by atoms with Crippen molar-refractivity contribution >= 4 is 49.0 Å². The van der Waals surface area contributed by atoms with Crippen molar-refractivity contribution in [2.24, 2.45) is 0 Å². The average molecular weight is 638 g/mol. The van der Waals surface area contributed by atoms with Crippen LogP contribution in [0.3, 0.4) is 0 Å². The number of amides is 1. The molecule has 3 aromatic carbocycles. The first-order chi connectivity index (χ1) is 20.4. The van der Waals surface area contributed by atoms with E-state index in [0.29, 0.717) is 10.6 Å². The lowest BCUT2D eigenvalue weighted by Gasteiger charge is -2.28. The molecular formula is C34H40ClN3O3S2. The van der Waals surface area contributed by atoms with Crippen LogP contribution in [0.25, 0.3) is 10.1 Å². The fraction of sp³-hybridized carbons (Fsp3) is 0.382. The molecule has 3 N–H and O–H groups in total. The van der Waals surface area contributed by atoms with Crippen LogP contribution in [0.4, 0.5) is 0 Å². The number of carbonyl (C=O) groups excluding carboxylic acids is 1. The Morgan fingerprint density at radius 3 is 2.58 bits per heavy atom. The van der Waals surface area contributed by atoms with Crippen LogP contribution in [0, 0.1) is 6.92 Å². The minimum atomic E-state index is -3.92. The van der Waals surface area contributed by atoms with Crippen molar-refractivity contribution in [3.8, 4) is 0 Å². The minimum absolute atomic E-state index is 0.0125. The van der Waals surface area contributed by atoms with Gasteiger partial charge in [-0.25, -0.2) is 13.1 Å². The van der Waals surface area contributed by atoms with Crippen LogP contribution in [0.5, 0.6) is 0 Å². The van der Waals surface area contributed by atoms with Crippen LogP contribution in [-0.4, -0.2) is 26.4 Å². The number of hydrogen-bond donors (Lipinski definition) is 3. The molecule has 0 radical (unpaired) electrons. The molecule has 1 aliphatic carbocycles. The number of aryl methyl sites for hydroxylation is 2. The highest BCUT2D eigenvalue weighted by Gasteiger charge is 2.29. The van der Waals surface area contributed by atoms with Gasteiger partial charge in [0.15, 0.2) is 0 Å². The van der Waals surface area contributed by atoms with Gasteiger partial charge in [-0.2, -0.15) is 0 Å². The summed E-state index contributed by atoms with van der Waals surface area (Å²) < 4.78 is 31.4. The lowest BCUT2D eigenvalue weighted by molar-refractivity contribution is -0.122. The van der Waals surface area contributed by atoms with E-state index in [1.807, 2.05) is 36.4 Å². The van der Waals surface area contributed by atoms with Crippen molar-refractivity contribution in [2.45, 2.75) is 81.6 Å². The summed E-state index contributed by atoms with van der Waals surface area (Å²) in [4.78, 5) is 13.5. The molecule has 43 heavy (non-hydrogen) atoms. The van der Waals surface area contributed by atoms with Crippen molar-refractivity contribution in [1.29, 1.82) is 0 Å². The quantitative estimate of drug-likeness (QED) is 0.169. The molecule has 0 saturated heterocycles. The molecule has 1 heterocycles. The maximum Gasteiger partial charge on any atom is 0.250 e. The summed E-state index contributed by atoms with van der Waals surface area (Å²) in [6, 6.07) is 20.4. The van der Waals surface area contributed by atoms with Gasteiger partial charge >= 0.3 is 0 Å². The zero-order chi connectivity index (χ0) is 30.8. The van der Waals surface area contributed by atoms with Crippen molar-refractivity contribution in [3.05, 3.63) is 99.6 Å². The zero-order valence-electron chi connectivity index (χ0n) is 25.2. The molecule has 1 aromatic heterocycles. The molecule has 1 aliphatic rings. The van der Waals surface area contributed by atoms with Crippen LogP contribution in [0.2, 0.25) is 5.02 Å². The minimum Gasteiger partial charge on any atom is -0.349 e. The smallest absolute Gasteiger partial charge is 0.250 e. The Balaban J connectivity index is 1.32. The summed E-state index contributed by atoms with van der Waals surface area (Å²) in [5.74, 6) is -0.187. The number of halogens is 1. The normalized spacial score (nSPS) is 16.2. The first kappa shape index (κ1) is 31.7. The number of hydrogen-bond acceptors (Lipinski definition) is 5. The monoisotopic (exact) mass is 637 g/mol. The summed E-state index contributed by atoms with van der Waals surface area (Å²) in [7, 11) is -3.92. The summed E-state index contributed by atoms with van der Waals surface area (Å²) in [6.07, 6.45) is 3.78. The third-order valence-corrected chi connectivity index (χ3v) is 11.5. The topological polar surface area (TPSA) is 87.3 Å². The molecule has 6 nitrogen and oxygen atoms in total. The second-order valence-electron chi connectivity index (χ2n) is 12.4. The predicted molar refractivity (Wildman–Crippen MR) is 177 cm³/mol. The third kappa shape index (κ3) is 7.86. The van der Waals surface area contributed by atoms with Gasteiger partial charge in [-0.3, -0.25) is 4.79 Å². The molecule has 0 saturated carbocycles. The number of benzene rings is 3. The second kappa shape index (κ2) is 13.1. The molecule has 1 unspecified atom stereocenters. The van der Waals surface area contributed by atoms with Crippen LogP contribution in [-0.2, 0) is 27.7 Å². The van der Waals surface area contributed by atoms with Crippen LogP contribution in [0.1, 0.15) is 79.9 Å². The SMILES string of the molecule is Cc1c(S(=O)(=O)N[C@H](CC(=O)NC2CCCc3cc(CCNC(C)(C)C)ccc32)c2ccccc2)sc2ccc(Cl)cc12. The second-order valence-corrected chi connectivity index (χ2v) is 15.8. The number of carbonyl (C=O) groups is 1. The Morgan fingerprint density at radius 1 is 1.07 bits per heavy atom. The van der Waals surface area contributed by atoms with Gasteiger partial charge in [-0.1, -0.05) is 60.1 Å². The predicted octanol–water partition coefficient (Wildman–Crippen LogP) is 7.40. The van der Waals surface area contributed by atoms with E-state index in [2.05, 4.69) is 54.3 Å². The highest BCUT2D eigenvalue weighted by molar-refractivity contribution is 7.91. The fourth-order valence-electron chi connectivity index (χ4n) is 5.77. The van der Waals surface area contributed by atoms with Crippen LogP contribution in [0.15, 0.2) is 70.9 Å². The maximum absolute atomic E-state index is 13.7. The molecule has 2 atom stereocenters. The summed E-state index contributed by atoms with van der Waals surface area (Å²) in [6.45, 7) is 9.21. The Hall–Kier alpha value is -2.75. The molecule has 0 fully saturated rings. The van der Waals surface area contributed by atoms with Crippen molar-refractivity contribution in [2.75, 3.05) is 6.54 Å². The van der Waals surface area contributed by atoms with E-state index in [1.54, 1.807) is 19.1 Å². The largest absolute Gasteiger partial charge is 0.349 e. The zero-order valence-corrected chi connectivity index (χ0v) is 27.6. The lowest BCUT2D eigenvalue weighted by Crippen LogP contribution is -2.37. The Kier molecular flexibility index (Phi) is 9.64. The highest BCUT2D eigenvalue weighted by atomic mass is 35.5. The first-order valence-corrected chi connectivity index (χ1v) is 17.5. The van der Waals surface area contributed by atoms with Crippen molar-refractivity contribution in [3.63, 3.8) is 0 Å². The number of sulfonamides is 1. The molecule has 1 amide bonds. The number of fused-ring (bicyclic) bond motifs is 2. The van der Waals surface area contributed by atoms with Gasteiger partial charge in [0.2, 0.25) is 5.91 Å². The third-order valence-electron chi connectivity index (χ3n) is 7.91. The van der Waals surface area contributed by atoms with E-state index < -0.39 is 16.1 Å². The molecule has 0 bridgehead atoms. The van der Waals surface area contributed by atoms with Gasteiger partial charge in [-0.15, -0.1) is 11.3 Å². The van der Waals surface area contributed by atoms with Gasteiger partial charge in [0.1, 0.15) is 4.21 Å². The van der Waals surface area contributed by atoms with Gasteiger partial charge in [0, 0.05) is 21.7 Å². The Labute approximate surface area is 264 Å². The van der Waals surface area contributed by atoms with E-state index in [-0.39, 0.29) is 28.1 Å². The van der Waals surface area contributed by atoms with E-state index in [1.165, 1.54) is 22.5 Å². The lowest BCUT2D eigenvalue weighted by atomic mass is 9.86. The van der Waals surface area contributed by atoms with E-state index in [9.17, 15) is 13.2 Å². The first-order valence-electron chi connectivity index (χ1n) is 14.8. The van der Waals surface area contributed by atoms with Crippen LogP contribution < -0.4 is 15.4 Å². The Morgan fingerprint density at radius 2 is 1.84 bits per heavy atom. The summed E-state index contributed by atoms with van der Waals surface area (Å²) in [5.41, 5.74) is 5.20. The maximum atomic E-state index is 13.7. The summed E-state index contributed by atoms with van der Waals surface area (Å²) >= 11 is 7.39. The van der Waals surface area contributed by atoms with Gasteiger partial charge in [-0.05, 0) is 111 Å². The summed E-state index contributed by atoms with van der Waals surface area (Å²) in [5, 5.41) is 8.14. The van der Waals surface area contributed by atoms with Gasteiger partial charge in [0.05, 0.1) is 12.1 Å². The molecule has 228 valence electrons. The van der Waals surface area contributed by atoms with Crippen LogP contribution >= 0.6 is 22.9 Å². The average Bonchev–Trinajstić information content (AvgIpc) is 3.29. The number of rotatable bonds is 10. The molecule has 0 aliphatic heterocycles. The van der Waals surface area contributed by atoms with Gasteiger partial charge in [0.25, 0.3) is 10.0 Å². The van der Waals surface area contributed by atoms with E-state index in [4.69, 9.17) is 11.6 Å². The molecular weight excluding hydrogens is 598 g/mol. The van der Waals surface area contributed by atoms with Crippen molar-refractivity contribution in [1.82, 2.24) is 15.4 Å². The number of nitrogens with one attached hydrogen (secondary N) is 3. The fourth-order valence-corrected chi connectivity index (χ4v) is 8.93. The molecule has 4 aromatic rings. The number of thiophene rings is 1. The van der Waals surface area contributed by atoms with E-state index in [0.717, 1.165) is 53.4 Å². The van der Waals surface area contributed by atoms with E-state index >= 15 is 0 Å².